The maximum Gasteiger partial charge on any atom is 0.306 e. The van der Waals surface area contributed by atoms with Crippen LogP contribution in [-0.2, 0) is 28.7 Å². The molecule has 4 aliphatic rings. The quantitative estimate of drug-likeness (QED) is 0.548. The number of hydrogen-bond donors (Lipinski definition) is 1. The van der Waals surface area contributed by atoms with Crippen molar-refractivity contribution in [1.82, 2.24) is 0 Å². The summed E-state index contributed by atoms with van der Waals surface area (Å²) in [6.07, 6.45) is 4.32. The molecule has 0 aromatic heterocycles. The van der Waals surface area contributed by atoms with Gasteiger partial charge in [0.2, 0.25) is 5.78 Å². The fourth-order valence-electron chi connectivity index (χ4n) is 8.01. The number of esters is 2. The molecule has 0 radical (unpaired) electrons. The van der Waals surface area contributed by atoms with Gasteiger partial charge in [-0.05, 0) is 50.7 Å². The molecule has 0 heterocycles. The minimum atomic E-state index is -2.05. The number of aliphatic hydroxyl groups is 1. The number of carbonyl (C=O) groups excluding carboxylic acids is 4. The van der Waals surface area contributed by atoms with Crippen molar-refractivity contribution in [3.05, 3.63) is 23.8 Å². The number of halogens is 1. The summed E-state index contributed by atoms with van der Waals surface area (Å²) in [4.78, 5) is 50.3. The van der Waals surface area contributed by atoms with Crippen LogP contribution in [0.15, 0.2) is 23.8 Å². The van der Waals surface area contributed by atoms with Crippen LogP contribution in [0.3, 0.4) is 0 Å². The van der Waals surface area contributed by atoms with Crippen molar-refractivity contribution in [3.63, 3.8) is 0 Å². The maximum atomic E-state index is 17.4. The highest BCUT2D eigenvalue weighted by atomic mass is 19.1. The Morgan fingerprint density at radius 1 is 1.14 bits per heavy atom. The molecule has 0 aromatic carbocycles. The molecule has 8 heteroatoms. The Hall–Kier alpha value is -2.35. The number of alkyl halides is 1. The molecule has 0 aliphatic heterocycles. The molecule has 8 atom stereocenters. The molecule has 4 aliphatic carbocycles. The van der Waals surface area contributed by atoms with E-state index in [0.29, 0.717) is 24.8 Å². The van der Waals surface area contributed by atoms with Crippen molar-refractivity contribution in [1.29, 1.82) is 0 Å². The van der Waals surface area contributed by atoms with Gasteiger partial charge in [0, 0.05) is 35.5 Å². The van der Waals surface area contributed by atoms with Crippen LogP contribution >= 0.6 is 0 Å². The standard InChI is InChI=1S/C28H37FO7/c1-6-23(33)35-15-22(32)28(36-24(34)7-2)16(3)12-20-19-9-8-17-13-18(30)10-11-25(17,4)27(19,29)21(31)14-26(20,28)5/h10-11,13,16,19-21,31H,6-9,12,14-15H2,1-5H3/t16-,19+,20+,21+,25+,26+,27+,28?/m1/s1. The first-order valence-electron chi connectivity index (χ1n) is 13.0. The molecule has 1 N–H and O–H groups in total. The Morgan fingerprint density at radius 2 is 1.81 bits per heavy atom. The number of fused-ring (bicyclic) bond motifs is 5. The van der Waals surface area contributed by atoms with Crippen LogP contribution in [0.5, 0.6) is 0 Å². The topological polar surface area (TPSA) is 107 Å². The predicted octanol–water partition coefficient (Wildman–Crippen LogP) is 3.82. The number of ketones is 2. The van der Waals surface area contributed by atoms with E-state index in [0.717, 1.165) is 0 Å². The summed E-state index contributed by atoms with van der Waals surface area (Å²) in [6.45, 7) is 8.05. The van der Waals surface area contributed by atoms with Gasteiger partial charge >= 0.3 is 11.9 Å². The van der Waals surface area contributed by atoms with Crippen molar-refractivity contribution in [3.8, 4) is 0 Å². The van der Waals surface area contributed by atoms with E-state index in [1.165, 1.54) is 12.2 Å². The van der Waals surface area contributed by atoms with E-state index >= 15 is 4.39 Å². The summed E-state index contributed by atoms with van der Waals surface area (Å²) in [5, 5.41) is 11.5. The predicted molar refractivity (Wildman–Crippen MR) is 128 cm³/mol. The lowest BCUT2D eigenvalue weighted by atomic mass is 9.44. The van der Waals surface area contributed by atoms with Gasteiger partial charge in [-0.15, -0.1) is 0 Å². The van der Waals surface area contributed by atoms with Crippen LogP contribution in [0, 0.1) is 28.6 Å². The highest BCUT2D eigenvalue weighted by molar-refractivity contribution is 6.01. The third-order valence-electron chi connectivity index (χ3n) is 9.81. The monoisotopic (exact) mass is 504 g/mol. The zero-order valence-corrected chi connectivity index (χ0v) is 21.8. The lowest BCUT2D eigenvalue weighted by Gasteiger charge is -2.62. The highest BCUT2D eigenvalue weighted by Crippen LogP contribution is 2.71. The smallest absolute Gasteiger partial charge is 0.306 e. The van der Waals surface area contributed by atoms with Gasteiger partial charge in [-0.25, -0.2) is 4.39 Å². The second-order valence-electron chi connectivity index (χ2n) is 11.4. The molecule has 0 spiro atoms. The fourth-order valence-corrected chi connectivity index (χ4v) is 8.01. The van der Waals surface area contributed by atoms with Gasteiger partial charge in [-0.2, -0.15) is 0 Å². The van der Waals surface area contributed by atoms with E-state index < -0.39 is 64.4 Å². The molecule has 1 unspecified atom stereocenters. The minimum Gasteiger partial charge on any atom is -0.457 e. The Kier molecular flexibility index (Phi) is 6.60. The Labute approximate surface area is 211 Å². The summed E-state index contributed by atoms with van der Waals surface area (Å²) < 4.78 is 28.5. The van der Waals surface area contributed by atoms with Crippen LogP contribution in [0.1, 0.15) is 73.1 Å². The van der Waals surface area contributed by atoms with Crippen LogP contribution in [0.25, 0.3) is 0 Å². The maximum absolute atomic E-state index is 17.4. The van der Waals surface area contributed by atoms with Gasteiger partial charge in [0.25, 0.3) is 0 Å². The average Bonchev–Trinajstić information content (AvgIpc) is 3.05. The molecule has 0 aromatic rings. The zero-order chi connectivity index (χ0) is 26.7. The Bertz CT molecular complexity index is 1050. The van der Waals surface area contributed by atoms with Crippen molar-refractivity contribution in [2.45, 2.75) is 90.5 Å². The van der Waals surface area contributed by atoms with Crippen LogP contribution in [-0.4, -0.2) is 52.6 Å². The number of hydrogen-bond acceptors (Lipinski definition) is 7. The normalized spacial score (nSPS) is 43.1. The molecule has 36 heavy (non-hydrogen) atoms. The van der Waals surface area contributed by atoms with Gasteiger partial charge in [0.15, 0.2) is 23.7 Å². The average molecular weight is 505 g/mol. The lowest BCUT2D eigenvalue weighted by Crippen LogP contribution is -2.70. The SMILES string of the molecule is CCC(=O)OCC(=O)C1(OC(=O)CC)[C@H](C)C[C@H]2[C@@H]3CCC4=CC(=O)C=C[C@]4(C)[C@@]3(F)[C@@H](O)C[C@@]21C. The molecule has 0 saturated heterocycles. The number of ether oxygens (including phenoxy) is 2. The van der Waals surface area contributed by atoms with Crippen LogP contribution in [0.2, 0.25) is 0 Å². The third-order valence-corrected chi connectivity index (χ3v) is 9.81. The van der Waals surface area contributed by atoms with E-state index in [1.807, 2.05) is 6.92 Å². The van der Waals surface area contributed by atoms with E-state index in [9.17, 15) is 24.3 Å². The molecule has 3 saturated carbocycles. The van der Waals surface area contributed by atoms with E-state index in [-0.39, 0.29) is 31.0 Å². The lowest BCUT2D eigenvalue weighted by molar-refractivity contribution is -0.228. The fraction of sp³-hybridized carbons (Fsp3) is 0.714. The molecule has 0 bridgehead atoms. The van der Waals surface area contributed by atoms with Gasteiger partial charge in [0.05, 0.1) is 6.10 Å². The zero-order valence-electron chi connectivity index (χ0n) is 21.8. The van der Waals surface area contributed by atoms with E-state index in [4.69, 9.17) is 9.47 Å². The van der Waals surface area contributed by atoms with E-state index in [2.05, 4.69) is 0 Å². The van der Waals surface area contributed by atoms with Crippen molar-refractivity contribution < 1.29 is 38.1 Å². The van der Waals surface area contributed by atoms with Crippen LogP contribution < -0.4 is 0 Å². The summed E-state index contributed by atoms with van der Waals surface area (Å²) in [7, 11) is 0. The van der Waals surface area contributed by atoms with Gasteiger partial charge < -0.3 is 14.6 Å². The molecule has 198 valence electrons. The third kappa shape index (κ3) is 3.39. The Morgan fingerprint density at radius 3 is 2.44 bits per heavy atom. The molecule has 3 fully saturated rings. The molecule has 4 rings (SSSR count). The number of Topliss-reactive ketones (excluding diaryl/α,β-unsaturated/α-hetero) is 1. The molecular formula is C28H37FO7. The Balaban J connectivity index is 1.80. The van der Waals surface area contributed by atoms with Gasteiger partial charge in [-0.1, -0.05) is 39.3 Å². The summed E-state index contributed by atoms with van der Waals surface area (Å²) >= 11 is 0. The van der Waals surface area contributed by atoms with Crippen molar-refractivity contribution in [2.24, 2.45) is 28.6 Å². The summed E-state index contributed by atoms with van der Waals surface area (Å²) in [6, 6.07) is 0. The highest BCUT2D eigenvalue weighted by Gasteiger charge is 2.77. The number of rotatable bonds is 6. The number of aliphatic hydroxyl groups excluding tert-OH is 1. The van der Waals surface area contributed by atoms with Crippen molar-refractivity contribution in [2.75, 3.05) is 6.61 Å². The largest absolute Gasteiger partial charge is 0.457 e. The van der Waals surface area contributed by atoms with Crippen LogP contribution in [0.4, 0.5) is 4.39 Å². The summed E-state index contributed by atoms with van der Waals surface area (Å²) in [5.41, 5.74) is -5.26. The molecule has 7 nitrogen and oxygen atoms in total. The second-order valence-corrected chi connectivity index (χ2v) is 11.4. The minimum absolute atomic E-state index is 0.0430. The molecular weight excluding hydrogens is 467 g/mol. The first kappa shape index (κ1) is 26.7. The first-order chi connectivity index (χ1) is 16.8. The second kappa shape index (κ2) is 8.89. The number of allylic oxidation sites excluding steroid dienone is 4. The van der Waals surface area contributed by atoms with Gasteiger partial charge in [0.1, 0.15) is 0 Å². The van der Waals surface area contributed by atoms with Crippen molar-refractivity contribution >= 4 is 23.5 Å². The number of carbonyl (C=O) groups is 4. The summed E-state index contributed by atoms with van der Waals surface area (Å²) in [5.74, 6) is -3.31. The molecule has 0 amide bonds. The van der Waals surface area contributed by atoms with Gasteiger partial charge in [-0.3, -0.25) is 19.2 Å². The van der Waals surface area contributed by atoms with E-state index in [1.54, 1.807) is 33.8 Å². The first-order valence-corrected chi connectivity index (χ1v) is 13.0.